The lowest BCUT2D eigenvalue weighted by Gasteiger charge is -2.03. The molecule has 0 amide bonds. The van der Waals surface area contributed by atoms with E-state index in [-0.39, 0.29) is 0 Å². The van der Waals surface area contributed by atoms with Crippen LogP contribution in [0.5, 0.6) is 0 Å². The van der Waals surface area contributed by atoms with Crippen LogP contribution in [-0.4, -0.2) is 0 Å². The third kappa shape index (κ3) is 2.46. The van der Waals surface area contributed by atoms with E-state index in [0.717, 1.165) is 15.4 Å². The van der Waals surface area contributed by atoms with E-state index >= 15 is 0 Å². The largest absolute Gasteiger partial charge is 0.0659 e. The number of hydrogen-bond acceptors (Lipinski definition) is 1. The molecule has 1 rings (SSSR count). The normalized spacial score (nSPS) is 9.46. The van der Waals surface area contributed by atoms with Gasteiger partial charge in [-0.2, -0.15) is 0 Å². The average Bonchev–Trinajstić information content (AvgIpc) is 2.11. The summed E-state index contributed by atoms with van der Waals surface area (Å²) in [7, 11) is 0. The number of rotatable bonds is 2. The molecule has 0 heterocycles. The Balaban J connectivity index is 3.30. The fourth-order valence-electron chi connectivity index (χ4n) is 0.962. The van der Waals surface area contributed by atoms with Crippen molar-refractivity contribution in [2.24, 2.45) is 5.11 Å². The maximum absolute atomic E-state index is 8.31. The van der Waals surface area contributed by atoms with Crippen molar-refractivity contribution in [3.05, 3.63) is 37.1 Å². The Labute approximate surface area is 93.0 Å². The predicted molar refractivity (Wildman–Crippen MR) is 60.0 cm³/mol. The molecule has 0 spiro atoms. The molecular formula is C8H7Br2N3. The summed E-state index contributed by atoms with van der Waals surface area (Å²) in [6, 6.07) is 3.91. The molecular weight excluding hydrogens is 298 g/mol. The number of aryl methyl sites for hydroxylation is 1. The molecule has 0 saturated heterocycles. The quantitative estimate of drug-likeness (QED) is 0.431. The second-order valence-corrected chi connectivity index (χ2v) is 4.16. The lowest BCUT2D eigenvalue weighted by molar-refractivity contribution is 1.13. The van der Waals surface area contributed by atoms with Crippen molar-refractivity contribution >= 4 is 37.5 Å². The number of hydrogen-bond donors (Lipinski definition) is 0. The SMILES string of the molecule is CCc1cc(Br)c(N=[N+]=[N-])c(Br)c1. The summed E-state index contributed by atoms with van der Waals surface area (Å²) in [5.41, 5.74) is 10.1. The monoisotopic (exact) mass is 303 g/mol. The van der Waals surface area contributed by atoms with Crippen molar-refractivity contribution in [3.8, 4) is 0 Å². The standard InChI is InChI=1S/C8H7Br2N3/c1-2-5-3-6(9)8(12-13-11)7(10)4-5/h3-4H,2H2,1H3. The minimum atomic E-state index is 0.597. The molecule has 3 nitrogen and oxygen atoms in total. The molecule has 5 heteroatoms. The van der Waals surface area contributed by atoms with Crippen LogP contribution in [0.4, 0.5) is 5.69 Å². The molecule has 13 heavy (non-hydrogen) atoms. The van der Waals surface area contributed by atoms with Crippen LogP contribution in [0.2, 0.25) is 0 Å². The van der Waals surface area contributed by atoms with E-state index in [2.05, 4.69) is 48.8 Å². The topological polar surface area (TPSA) is 48.8 Å². The van der Waals surface area contributed by atoms with Crippen molar-refractivity contribution in [1.82, 2.24) is 0 Å². The van der Waals surface area contributed by atoms with Gasteiger partial charge in [0, 0.05) is 13.9 Å². The molecule has 0 bridgehead atoms. The Kier molecular flexibility index (Phi) is 3.78. The highest BCUT2D eigenvalue weighted by molar-refractivity contribution is 9.11. The highest BCUT2D eigenvalue weighted by Crippen LogP contribution is 2.35. The highest BCUT2D eigenvalue weighted by atomic mass is 79.9. The van der Waals surface area contributed by atoms with Crippen molar-refractivity contribution in [1.29, 1.82) is 0 Å². The molecule has 0 aliphatic carbocycles. The third-order valence-corrected chi connectivity index (χ3v) is 2.84. The van der Waals surface area contributed by atoms with Gasteiger partial charge in [-0.1, -0.05) is 43.9 Å². The second kappa shape index (κ2) is 4.65. The van der Waals surface area contributed by atoms with E-state index < -0.39 is 0 Å². The fourth-order valence-corrected chi connectivity index (χ4v) is 2.40. The molecule has 0 radical (unpaired) electrons. The molecule has 0 fully saturated rings. The Morgan fingerprint density at radius 2 is 1.92 bits per heavy atom. The zero-order valence-corrected chi connectivity index (χ0v) is 10.1. The predicted octanol–water partition coefficient (Wildman–Crippen LogP) is 4.72. The Bertz CT molecular complexity index is 347. The molecule has 0 N–H and O–H groups in total. The summed E-state index contributed by atoms with van der Waals surface area (Å²) < 4.78 is 1.63. The summed E-state index contributed by atoms with van der Waals surface area (Å²) in [5, 5.41) is 3.57. The van der Waals surface area contributed by atoms with Gasteiger partial charge in [0.2, 0.25) is 0 Å². The number of azide groups is 1. The van der Waals surface area contributed by atoms with Crippen LogP contribution in [-0.2, 0) is 6.42 Å². The lowest BCUT2D eigenvalue weighted by atomic mass is 10.1. The first-order valence-corrected chi connectivity index (χ1v) is 5.30. The number of nitrogens with zero attached hydrogens (tertiary/aromatic N) is 3. The first-order chi connectivity index (χ1) is 6.19. The van der Waals surface area contributed by atoms with Gasteiger partial charge >= 0.3 is 0 Å². The summed E-state index contributed by atoms with van der Waals surface area (Å²) >= 11 is 6.69. The summed E-state index contributed by atoms with van der Waals surface area (Å²) in [4.78, 5) is 2.75. The zero-order valence-electron chi connectivity index (χ0n) is 6.96. The Hall–Kier alpha value is -0.510. The minimum absolute atomic E-state index is 0.597. The zero-order chi connectivity index (χ0) is 9.84. The van der Waals surface area contributed by atoms with E-state index in [1.807, 2.05) is 12.1 Å². The smallest absolute Gasteiger partial charge is 0.0613 e. The van der Waals surface area contributed by atoms with Gasteiger partial charge in [0.1, 0.15) is 0 Å². The molecule has 68 valence electrons. The van der Waals surface area contributed by atoms with Crippen molar-refractivity contribution in [2.45, 2.75) is 13.3 Å². The molecule has 0 saturated carbocycles. The van der Waals surface area contributed by atoms with E-state index in [1.54, 1.807) is 0 Å². The molecule has 0 aliphatic rings. The van der Waals surface area contributed by atoms with Crippen LogP contribution >= 0.6 is 31.9 Å². The van der Waals surface area contributed by atoms with Crippen LogP contribution in [0.25, 0.3) is 10.4 Å². The van der Waals surface area contributed by atoms with E-state index in [1.165, 1.54) is 5.56 Å². The molecule has 0 aliphatic heterocycles. The summed E-state index contributed by atoms with van der Waals surface area (Å²) in [6.07, 6.45) is 0.952. The minimum Gasteiger partial charge on any atom is -0.0613 e. The third-order valence-electron chi connectivity index (χ3n) is 1.63. The summed E-state index contributed by atoms with van der Waals surface area (Å²) in [6.45, 7) is 2.07. The van der Waals surface area contributed by atoms with Crippen LogP contribution in [0, 0.1) is 0 Å². The van der Waals surface area contributed by atoms with Crippen LogP contribution in [0.15, 0.2) is 26.2 Å². The van der Waals surface area contributed by atoms with Crippen LogP contribution < -0.4 is 0 Å². The maximum Gasteiger partial charge on any atom is 0.0659 e. The molecule has 1 aromatic rings. The van der Waals surface area contributed by atoms with Gasteiger partial charge in [-0.05, 0) is 29.6 Å². The van der Waals surface area contributed by atoms with E-state index in [4.69, 9.17) is 5.53 Å². The van der Waals surface area contributed by atoms with E-state index in [9.17, 15) is 0 Å². The summed E-state index contributed by atoms with van der Waals surface area (Å²) in [5.74, 6) is 0. The van der Waals surface area contributed by atoms with Gasteiger partial charge in [0.05, 0.1) is 5.69 Å². The van der Waals surface area contributed by atoms with Crippen molar-refractivity contribution in [2.75, 3.05) is 0 Å². The number of halogens is 2. The molecule has 1 aromatic carbocycles. The molecule has 0 unspecified atom stereocenters. The van der Waals surface area contributed by atoms with Gasteiger partial charge in [0.25, 0.3) is 0 Å². The maximum atomic E-state index is 8.31. The lowest BCUT2D eigenvalue weighted by Crippen LogP contribution is -1.81. The van der Waals surface area contributed by atoms with Gasteiger partial charge in [0.15, 0.2) is 0 Å². The van der Waals surface area contributed by atoms with Crippen molar-refractivity contribution < 1.29 is 0 Å². The Morgan fingerprint density at radius 1 is 1.38 bits per heavy atom. The second-order valence-electron chi connectivity index (χ2n) is 2.45. The molecule has 0 aromatic heterocycles. The van der Waals surface area contributed by atoms with Gasteiger partial charge in [-0.15, -0.1) is 0 Å². The van der Waals surface area contributed by atoms with Crippen molar-refractivity contribution in [3.63, 3.8) is 0 Å². The van der Waals surface area contributed by atoms with Crippen LogP contribution in [0.1, 0.15) is 12.5 Å². The first-order valence-electron chi connectivity index (χ1n) is 3.72. The average molecular weight is 305 g/mol. The van der Waals surface area contributed by atoms with E-state index in [0.29, 0.717) is 5.69 Å². The first kappa shape index (κ1) is 10.6. The van der Waals surface area contributed by atoms with Gasteiger partial charge in [-0.25, -0.2) is 0 Å². The van der Waals surface area contributed by atoms with Crippen LogP contribution in [0.3, 0.4) is 0 Å². The number of benzene rings is 1. The Morgan fingerprint density at radius 3 is 2.31 bits per heavy atom. The fraction of sp³-hybridized carbons (Fsp3) is 0.250. The van der Waals surface area contributed by atoms with Gasteiger partial charge < -0.3 is 0 Å². The highest BCUT2D eigenvalue weighted by Gasteiger charge is 2.04. The molecule has 0 atom stereocenters. The van der Waals surface area contributed by atoms with Gasteiger partial charge in [-0.3, -0.25) is 0 Å².